The Labute approximate surface area is 144 Å². The van der Waals surface area contributed by atoms with Crippen molar-refractivity contribution in [2.45, 2.75) is 19.9 Å². The van der Waals surface area contributed by atoms with Crippen LogP contribution in [0.5, 0.6) is 5.75 Å². The molecule has 1 N–H and O–H groups in total. The van der Waals surface area contributed by atoms with E-state index in [0.717, 1.165) is 11.1 Å². The average Bonchev–Trinajstić information content (AvgIpc) is 2.56. The lowest BCUT2D eigenvalue weighted by Gasteiger charge is -2.18. The summed E-state index contributed by atoms with van der Waals surface area (Å²) in [6.45, 7) is 2.69. The van der Waals surface area contributed by atoms with Crippen LogP contribution in [-0.2, 0) is 23.2 Å². The van der Waals surface area contributed by atoms with Crippen LogP contribution in [0.25, 0.3) is 0 Å². The highest BCUT2D eigenvalue weighted by atomic mass is 32.2. The quantitative estimate of drug-likeness (QED) is 0.797. The number of nitrogens with zero attached hydrogens (tertiary/aromatic N) is 1. The molecule has 0 aliphatic rings. The highest BCUT2D eigenvalue weighted by Crippen LogP contribution is 2.15. The van der Waals surface area contributed by atoms with Crippen LogP contribution in [0.4, 0.5) is 0 Å². The van der Waals surface area contributed by atoms with Gasteiger partial charge in [0.15, 0.2) is 0 Å². The number of ether oxygens (including phenoxy) is 1. The third kappa shape index (κ3) is 5.06. The minimum atomic E-state index is -3.52. The predicted octanol–water partition coefficient (Wildman–Crippen LogP) is 2.51. The van der Waals surface area contributed by atoms with Gasteiger partial charge in [0.2, 0.25) is 0 Å². The van der Waals surface area contributed by atoms with Crippen molar-refractivity contribution < 1.29 is 13.2 Å². The first-order valence-corrected chi connectivity index (χ1v) is 9.25. The number of methoxy groups -OCH3 is 1. The van der Waals surface area contributed by atoms with Gasteiger partial charge >= 0.3 is 0 Å². The maximum absolute atomic E-state index is 12.3. The summed E-state index contributed by atoms with van der Waals surface area (Å²) in [4.78, 5) is 0. The molecule has 2 aromatic rings. The zero-order valence-electron chi connectivity index (χ0n) is 14.3. The molecule has 0 unspecified atom stereocenters. The summed E-state index contributed by atoms with van der Waals surface area (Å²) in [6, 6.07) is 15.4. The van der Waals surface area contributed by atoms with E-state index in [0.29, 0.717) is 18.7 Å². The molecule has 0 aromatic heterocycles. The predicted molar refractivity (Wildman–Crippen MR) is 96.3 cm³/mol. The first-order chi connectivity index (χ1) is 11.4. The van der Waals surface area contributed by atoms with Crippen LogP contribution in [0, 0.1) is 6.92 Å². The minimum Gasteiger partial charge on any atom is -0.497 e. The molecule has 0 atom stereocenters. The van der Waals surface area contributed by atoms with E-state index in [9.17, 15) is 8.42 Å². The van der Waals surface area contributed by atoms with Crippen molar-refractivity contribution in [2.75, 3.05) is 20.7 Å². The molecule has 0 radical (unpaired) electrons. The Kier molecular flexibility index (Phi) is 6.36. The normalized spacial score (nSPS) is 11.7. The van der Waals surface area contributed by atoms with Gasteiger partial charge in [0, 0.05) is 20.1 Å². The molecule has 2 rings (SSSR count). The first-order valence-electron chi connectivity index (χ1n) is 7.81. The van der Waals surface area contributed by atoms with Crippen molar-refractivity contribution in [3.05, 3.63) is 65.2 Å². The number of aryl methyl sites for hydroxylation is 1. The molecule has 0 aliphatic heterocycles. The van der Waals surface area contributed by atoms with Crippen LogP contribution in [0.15, 0.2) is 48.5 Å². The van der Waals surface area contributed by atoms with Gasteiger partial charge in [-0.25, -0.2) is 4.72 Å². The van der Waals surface area contributed by atoms with Crippen molar-refractivity contribution in [1.82, 2.24) is 9.03 Å². The van der Waals surface area contributed by atoms with Crippen LogP contribution in [0.1, 0.15) is 16.7 Å². The second-order valence-corrected chi connectivity index (χ2v) is 7.55. The van der Waals surface area contributed by atoms with E-state index >= 15 is 0 Å². The molecule has 0 aliphatic carbocycles. The van der Waals surface area contributed by atoms with E-state index in [2.05, 4.69) is 4.72 Å². The summed E-state index contributed by atoms with van der Waals surface area (Å²) in [6.07, 6.45) is 0.666. The van der Waals surface area contributed by atoms with Crippen LogP contribution < -0.4 is 9.46 Å². The zero-order chi connectivity index (χ0) is 17.6. The van der Waals surface area contributed by atoms with Crippen LogP contribution in [0.3, 0.4) is 0 Å². The van der Waals surface area contributed by atoms with Gasteiger partial charge in [0.25, 0.3) is 10.2 Å². The van der Waals surface area contributed by atoms with Gasteiger partial charge in [-0.2, -0.15) is 12.7 Å². The summed E-state index contributed by atoms with van der Waals surface area (Å²) in [5.41, 5.74) is 3.19. The average molecular weight is 348 g/mol. The Morgan fingerprint density at radius 3 is 2.58 bits per heavy atom. The maximum Gasteiger partial charge on any atom is 0.279 e. The second kappa shape index (κ2) is 8.28. The molecule has 24 heavy (non-hydrogen) atoms. The number of nitrogens with one attached hydrogen (secondary N) is 1. The molecule has 6 heteroatoms. The van der Waals surface area contributed by atoms with Crippen molar-refractivity contribution >= 4 is 10.2 Å². The second-order valence-electron chi connectivity index (χ2n) is 5.68. The van der Waals surface area contributed by atoms with Gasteiger partial charge in [0.05, 0.1) is 7.11 Å². The molecule has 2 aromatic carbocycles. The Bertz CT molecular complexity index is 775. The third-order valence-electron chi connectivity index (χ3n) is 3.89. The smallest absolute Gasteiger partial charge is 0.279 e. The Morgan fingerprint density at radius 2 is 1.88 bits per heavy atom. The fraction of sp³-hybridized carbons (Fsp3) is 0.333. The van der Waals surface area contributed by atoms with E-state index in [1.54, 1.807) is 14.2 Å². The maximum atomic E-state index is 12.3. The molecule has 0 saturated heterocycles. The lowest BCUT2D eigenvalue weighted by Crippen LogP contribution is -2.38. The van der Waals surface area contributed by atoms with Crippen molar-refractivity contribution in [1.29, 1.82) is 0 Å². The van der Waals surface area contributed by atoms with E-state index in [1.807, 2.05) is 55.5 Å². The summed E-state index contributed by atoms with van der Waals surface area (Å²) < 4.78 is 33.8. The van der Waals surface area contributed by atoms with Crippen molar-refractivity contribution in [2.24, 2.45) is 0 Å². The highest BCUT2D eigenvalue weighted by Gasteiger charge is 2.17. The van der Waals surface area contributed by atoms with Crippen molar-refractivity contribution in [3.8, 4) is 5.75 Å². The van der Waals surface area contributed by atoms with Gasteiger partial charge in [0.1, 0.15) is 5.75 Å². The summed E-state index contributed by atoms with van der Waals surface area (Å²) >= 11 is 0. The van der Waals surface area contributed by atoms with E-state index < -0.39 is 10.2 Å². The SMILES string of the molecule is COc1cccc(CN(C)S(=O)(=O)NCCc2ccccc2C)c1. The number of rotatable bonds is 8. The first kappa shape index (κ1) is 18.4. The van der Waals surface area contributed by atoms with E-state index in [4.69, 9.17) is 4.74 Å². The Hall–Kier alpha value is -1.89. The monoisotopic (exact) mass is 348 g/mol. The number of benzene rings is 2. The third-order valence-corrected chi connectivity index (χ3v) is 5.41. The summed E-state index contributed by atoms with van der Waals surface area (Å²) in [7, 11) is -0.363. The molecule has 0 fully saturated rings. The van der Waals surface area contributed by atoms with Gasteiger partial charge in [-0.1, -0.05) is 36.4 Å². The zero-order valence-corrected chi connectivity index (χ0v) is 15.1. The summed E-state index contributed by atoms with van der Waals surface area (Å²) in [5, 5.41) is 0. The van der Waals surface area contributed by atoms with Gasteiger partial charge < -0.3 is 4.74 Å². The van der Waals surface area contributed by atoms with Crippen LogP contribution >= 0.6 is 0 Å². The van der Waals surface area contributed by atoms with Crippen LogP contribution in [0.2, 0.25) is 0 Å². The van der Waals surface area contributed by atoms with Gasteiger partial charge in [-0.3, -0.25) is 0 Å². The lowest BCUT2D eigenvalue weighted by molar-refractivity contribution is 0.412. The highest BCUT2D eigenvalue weighted by molar-refractivity contribution is 7.87. The molecular formula is C18H24N2O3S. The standard InChI is InChI=1S/C18H24N2O3S/c1-15-7-4-5-9-17(15)11-12-19-24(21,22)20(2)14-16-8-6-10-18(13-16)23-3/h4-10,13,19H,11-12,14H2,1-3H3. The molecule has 0 saturated carbocycles. The topological polar surface area (TPSA) is 58.6 Å². The Balaban J connectivity index is 1.92. The Morgan fingerprint density at radius 1 is 1.12 bits per heavy atom. The van der Waals surface area contributed by atoms with E-state index in [1.165, 1.54) is 9.87 Å². The molecule has 0 amide bonds. The van der Waals surface area contributed by atoms with E-state index in [-0.39, 0.29) is 6.54 Å². The number of hydrogen-bond donors (Lipinski definition) is 1. The fourth-order valence-electron chi connectivity index (χ4n) is 2.43. The van der Waals surface area contributed by atoms with Crippen molar-refractivity contribution in [3.63, 3.8) is 0 Å². The van der Waals surface area contributed by atoms with Gasteiger partial charge in [-0.05, 0) is 42.2 Å². The van der Waals surface area contributed by atoms with Crippen LogP contribution in [-0.4, -0.2) is 33.4 Å². The summed E-state index contributed by atoms with van der Waals surface area (Å²) in [5.74, 6) is 0.714. The molecule has 0 spiro atoms. The van der Waals surface area contributed by atoms with Gasteiger partial charge in [-0.15, -0.1) is 0 Å². The molecule has 5 nitrogen and oxygen atoms in total. The number of hydrogen-bond acceptors (Lipinski definition) is 3. The molecule has 0 bridgehead atoms. The molecule has 130 valence electrons. The molecule has 0 heterocycles. The largest absolute Gasteiger partial charge is 0.497 e. The minimum absolute atomic E-state index is 0.289. The molecular weight excluding hydrogens is 324 g/mol. The lowest BCUT2D eigenvalue weighted by atomic mass is 10.1. The fourth-order valence-corrected chi connectivity index (χ4v) is 3.33.